The Balaban J connectivity index is 1.83. The number of carbonyl (C=O) groups excluding carboxylic acids is 1. The molecule has 0 saturated carbocycles. The van der Waals surface area contributed by atoms with E-state index in [1.54, 1.807) is 24.3 Å². The van der Waals surface area contributed by atoms with Gasteiger partial charge in [0.05, 0.1) is 11.6 Å². The molecule has 8 heteroatoms. The predicted molar refractivity (Wildman–Crippen MR) is 97.5 cm³/mol. The number of allylic oxidation sites excluding steroid dienone is 1. The highest BCUT2D eigenvalue weighted by atomic mass is 35.5. The van der Waals surface area contributed by atoms with E-state index in [4.69, 9.17) is 25.8 Å². The van der Waals surface area contributed by atoms with Crippen LogP contribution in [0.4, 0.5) is 13.6 Å². The first-order valence-corrected chi connectivity index (χ1v) is 8.44. The summed E-state index contributed by atoms with van der Waals surface area (Å²) in [6, 6.07) is 7.42. The largest absolute Gasteiger partial charge is 0.490 e. The molecule has 0 spiro atoms. The number of amides is 1. The number of ether oxygens (including phenoxy) is 3. The molecule has 0 radical (unpaired) electrons. The summed E-state index contributed by atoms with van der Waals surface area (Å²) in [6.45, 7) is 2.43. The van der Waals surface area contributed by atoms with E-state index in [1.165, 1.54) is 6.07 Å². The molecule has 0 bridgehead atoms. The van der Waals surface area contributed by atoms with E-state index >= 15 is 0 Å². The maximum Gasteiger partial charge on any atom is 0.407 e. The van der Waals surface area contributed by atoms with Crippen LogP contribution in [0.3, 0.4) is 0 Å². The highest BCUT2D eigenvalue weighted by Crippen LogP contribution is 2.31. The van der Waals surface area contributed by atoms with Crippen molar-refractivity contribution in [2.75, 3.05) is 19.8 Å². The van der Waals surface area contributed by atoms with Crippen LogP contribution in [0.5, 0.6) is 17.2 Å². The van der Waals surface area contributed by atoms with E-state index in [0.29, 0.717) is 11.5 Å². The molecule has 0 aliphatic heterocycles. The van der Waals surface area contributed by atoms with Gasteiger partial charge >= 0.3 is 6.09 Å². The van der Waals surface area contributed by atoms with Crippen molar-refractivity contribution < 1.29 is 27.8 Å². The molecule has 144 valence electrons. The van der Waals surface area contributed by atoms with Crippen molar-refractivity contribution in [2.45, 2.75) is 6.92 Å². The Labute approximate surface area is 160 Å². The number of benzene rings is 2. The second kappa shape index (κ2) is 10.4. The minimum atomic E-state index is -0.743. The van der Waals surface area contributed by atoms with Crippen molar-refractivity contribution in [3.63, 3.8) is 0 Å². The zero-order valence-electron chi connectivity index (χ0n) is 14.5. The van der Waals surface area contributed by atoms with Crippen molar-refractivity contribution in [3.8, 4) is 17.2 Å². The molecule has 2 aromatic carbocycles. The molecule has 0 atom stereocenters. The maximum atomic E-state index is 13.2. The van der Waals surface area contributed by atoms with Gasteiger partial charge in [0.15, 0.2) is 0 Å². The van der Waals surface area contributed by atoms with Gasteiger partial charge in [0, 0.05) is 24.3 Å². The van der Waals surface area contributed by atoms with Crippen LogP contribution in [0.25, 0.3) is 0 Å². The number of nitrogens with one attached hydrogen (secondary N) is 1. The van der Waals surface area contributed by atoms with Gasteiger partial charge in [-0.2, -0.15) is 0 Å². The average molecular weight is 398 g/mol. The summed E-state index contributed by atoms with van der Waals surface area (Å²) in [5.41, 5.74) is 0. The molecule has 0 aromatic heterocycles. The van der Waals surface area contributed by atoms with E-state index in [-0.39, 0.29) is 30.5 Å². The summed E-state index contributed by atoms with van der Waals surface area (Å²) < 4.78 is 42.1. The lowest BCUT2D eigenvalue weighted by Crippen LogP contribution is -2.28. The summed E-state index contributed by atoms with van der Waals surface area (Å²) in [4.78, 5) is 11.3. The predicted octanol–water partition coefficient (Wildman–Crippen LogP) is 5.09. The first-order chi connectivity index (χ1) is 13.0. The zero-order valence-corrected chi connectivity index (χ0v) is 15.3. The van der Waals surface area contributed by atoms with Crippen LogP contribution >= 0.6 is 11.6 Å². The van der Waals surface area contributed by atoms with E-state index in [2.05, 4.69) is 5.32 Å². The molecule has 0 heterocycles. The molecule has 27 heavy (non-hydrogen) atoms. The van der Waals surface area contributed by atoms with Crippen molar-refractivity contribution in [1.29, 1.82) is 0 Å². The van der Waals surface area contributed by atoms with Crippen LogP contribution in [0.1, 0.15) is 6.92 Å². The molecular formula is C19H18ClF2NO4. The first-order valence-electron chi connectivity index (χ1n) is 8.06. The lowest BCUT2D eigenvalue weighted by molar-refractivity contribution is 0.156. The SMILES string of the molecule is C/C=C/COC(=O)NCCOc1ccc(Oc2cc(F)cc(F)c2)cc1Cl. The lowest BCUT2D eigenvalue weighted by atomic mass is 10.3. The fourth-order valence-corrected chi connectivity index (χ4v) is 2.20. The Kier molecular flexibility index (Phi) is 7.88. The number of hydrogen-bond donors (Lipinski definition) is 1. The number of hydrogen-bond acceptors (Lipinski definition) is 4. The Morgan fingerprint density at radius 2 is 1.89 bits per heavy atom. The van der Waals surface area contributed by atoms with Gasteiger partial charge in [-0.1, -0.05) is 23.8 Å². The second-order valence-corrected chi connectivity index (χ2v) is 5.65. The molecule has 1 amide bonds. The van der Waals surface area contributed by atoms with Crippen molar-refractivity contribution in [3.05, 3.63) is 65.2 Å². The van der Waals surface area contributed by atoms with E-state index in [0.717, 1.165) is 18.2 Å². The van der Waals surface area contributed by atoms with Crippen LogP contribution in [-0.4, -0.2) is 25.9 Å². The minimum absolute atomic E-state index is 0.0119. The molecule has 0 aliphatic carbocycles. The molecule has 1 N–H and O–H groups in total. The van der Waals surface area contributed by atoms with Gasteiger partial charge < -0.3 is 19.5 Å². The molecule has 0 fully saturated rings. The van der Waals surface area contributed by atoms with Gasteiger partial charge in [-0.15, -0.1) is 0 Å². The highest BCUT2D eigenvalue weighted by molar-refractivity contribution is 6.32. The van der Waals surface area contributed by atoms with Crippen molar-refractivity contribution in [2.24, 2.45) is 0 Å². The minimum Gasteiger partial charge on any atom is -0.490 e. The number of rotatable bonds is 8. The molecule has 0 aliphatic rings. The van der Waals surface area contributed by atoms with Crippen LogP contribution in [0.15, 0.2) is 48.6 Å². The smallest absolute Gasteiger partial charge is 0.407 e. The van der Waals surface area contributed by atoms with E-state index in [1.807, 2.05) is 6.92 Å². The van der Waals surface area contributed by atoms with Crippen molar-refractivity contribution >= 4 is 17.7 Å². The van der Waals surface area contributed by atoms with E-state index < -0.39 is 17.7 Å². The van der Waals surface area contributed by atoms with Gasteiger partial charge in [0.1, 0.15) is 42.1 Å². The summed E-state index contributed by atoms with van der Waals surface area (Å²) in [5, 5.41) is 2.78. The third-order valence-corrected chi connectivity index (χ3v) is 3.45. The molecule has 2 rings (SSSR count). The number of alkyl carbamates (subject to hydrolysis) is 1. The zero-order chi connectivity index (χ0) is 19.6. The van der Waals surface area contributed by atoms with Crippen LogP contribution < -0.4 is 14.8 Å². The maximum absolute atomic E-state index is 13.2. The third kappa shape index (κ3) is 7.15. The standard InChI is InChI=1S/C19H18ClF2NO4/c1-2-3-7-26-19(24)23-6-8-25-18-5-4-15(12-17(18)20)27-16-10-13(21)9-14(22)11-16/h2-5,9-12H,6-8H2,1H3,(H,23,24)/b3-2+. The van der Waals surface area contributed by atoms with Crippen LogP contribution in [0.2, 0.25) is 5.02 Å². The molecule has 5 nitrogen and oxygen atoms in total. The van der Waals surface area contributed by atoms with Crippen LogP contribution in [-0.2, 0) is 4.74 Å². The van der Waals surface area contributed by atoms with Crippen LogP contribution in [0, 0.1) is 11.6 Å². The highest BCUT2D eigenvalue weighted by Gasteiger charge is 2.07. The van der Waals surface area contributed by atoms with Gasteiger partial charge in [0.25, 0.3) is 0 Å². The topological polar surface area (TPSA) is 56.8 Å². The Morgan fingerprint density at radius 3 is 2.56 bits per heavy atom. The van der Waals surface area contributed by atoms with Gasteiger partial charge in [-0.05, 0) is 19.1 Å². The number of carbonyl (C=O) groups is 1. The summed E-state index contributed by atoms with van der Waals surface area (Å²) in [6.07, 6.45) is 2.93. The second-order valence-electron chi connectivity index (χ2n) is 5.24. The monoisotopic (exact) mass is 397 g/mol. The van der Waals surface area contributed by atoms with Gasteiger partial charge in [-0.3, -0.25) is 0 Å². The van der Waals surface area contributed by atoms with Gasteiger partial charge in [0.2, 0.25) is 0 Å². The normalized spacial score (nSPS) is 10.7. The fourth-order valence-electron chi connectivity index (χ4n) is 1.97. The van der Waals surface area contributed by atoms with Gasteiger partial charge in [-0.25, -0.2) is 13.6 Å². The summed E-state index contributed by atoms with van der Waals surface area (Å²) >= 11 is 6.11. The van der Waals surface area contributed by atoms with Crippen molar-refractivity contribution in [1.82, 2.24) is 5.32 Å². The third-order valence-electron chi connectivity index (χ3n) is 3.15. The lowest BCUT2D eigenvalue weighted by Gasteiger charge is -2.11. The van der Waals surface area contributed by atoms with E-state index in [9.17, 15) is 13.6 Å². The Morgan fingerprint density at radius 1 is 1.15 bits per heavy atom. The fraction of sp³-hybridized carbons (Fsp3) is 0.211. The molecule has 0 saturated heterocycles. The molecule has 0 unspecified atom stereocenters. The Bertz CT molecular complexity index is 794. The summed E-state index contributed by atoms with van der Waals surface area (Å²) in [5.74, 6) is -0.806. The molecular weight excluding hydrogens is 380 g/mol. The Hall–Kier alpha value is -2.80. The molecule has 2 aromatic rings. The average Bonchev–Trinajstić information content (AvgIpc) is 2.59. The summed E-state index contributed by atoms with van der Waals surface area (Å²) in [7, 11) is 0. The quantitative estimate of drug-likeness (QED) is 0.498. The first kappa shape index (κ1) is 20.5. The number of halogens is 3.